The predicted molar refractivity (Wildman–Crippen MR) is 98.2 cm³/mol. The molecule has 0 saturated heterocycles. The van der Waals surface area contributed by atoms with E-state index in [2.05, 4.69) is 10.3 Å². The zero-order chi connectivity index (χ0) is 19.4. The van der Waals surface area contributed by atoms with Gasteiger partial charge >= 0.3 is 5.97 Å². The number of carbonyl (C=O) groups is 3. The second-order valence-corrected chi connectivity index (χ2v) is 6.43. The third kappa shape index (κ3) is 4.39. The number of ketones is 1. The summed E-state index contributed by atoms with van der Waals surface area (Å²) in [6.45, 7) is 8.71. The van der Waals surface area contributed by atoms with Gasteiger partial charge in [0.2, 0.25) is 0 Å². The molecule has 0 aliphatic carbocycles. The van der Waals surface area contributed by atoms with Crippen LogP contribution >= 0.6 is 0 Å². The Hall–Kier alpha value is -2.89. The average molecular weight is 356 g/mol. The number of Topliss-reactive ketones (excluding diaryl/α,β-unsaturated/α-hetero) is 1. The Bertz CT molecular complexity index is 834. The smallest absolute Gasteiger partial charge is 0.355 e. The molecule has 1 aromatic heterocycles. The number of carbonyl (C=O) groups excluding carboxylic acids is 3. The van der Waals surface area contributed by atoms with Gasteiger partial charge in [-0.3, -0.25) is 9.59 Å². The first-order valence-electron chi connectivity index (χ1n) is 8.45. The molecule has 26 heavy (non-hydrogen) atoms. The van der Waals surface area contributed by atoms with Gasteiger partial charge in [-0.05, 0) is 45.7 Å². The maximum atomic E-state index is 12.3. The summed E-state index contributed by atoms with van der Waals surface area (Å²) in [7, 11) is 0. The van der Waals surface area contributed by atoms with Crippen LogP contribution in [-0.4, -0.2) is 28.7 Å². The Balaban J connectivity index is 1.98. The summed E-state index contributed by atoms with van der Waals surface area (Å²) in [5, 5.41) is 2.74. The van der Waals surface area contributed by atoms with Crippen molar-refractivity contribution in [2.45, 2.75) is 47.3 Å². The molecule has 1 atom stereocenters. The van der Waals surface area contributed by atoms with Crippen molar-refractivity contribution in [2.75, 3.05) is 0 Å². The van der Waals surface area contributed by atoms with Gasteiger partial charge in [-0.2, -0.15) is 0 Å². The average Bonchev–Trinajstić information content (AvgIpc) is 2.88. The van der Waals surface area contributed by atoms with Crippen LogP contribution in [0, 0.1) is 20.8 Å². The fourth-order valence-electron chi connectivity index (χ4n) is 2.79. The third-order valence-corrected chi connectivity index (χ3v) is 4.23. The molecule has 6 heteroatoms. The molecule has 1 aromatic carbocycles. The fourth-order valence-corrected chi connectivity index (χ4v) is 2.79. The summed E-state index contributed by atoms with van der Waals surface area (Å²) < 4.78 is 5.24. The van der Waals surface area contributed by atoms with Gasteiger partial charge in [0.25, 0.3) is 5.91 Å². The number of amides is 1. The number of nitrogens with one attached hydrogen (secondary N) is 2. The minimum Gasteiger partial charge on any atom is -0.448 e. The molecule has 0 fully saturated rings. The first-order valence-corrected chi connectivity index (χ1v) is 8.45. The highest BCUT2D eigenvalue weighted by molar-refractivity contribution is 6.01. The molecule has 2 rings (SSSR count). The number of benzene rings is 1. The van der Waals surface area contributed by atoms with Crippen LogP contribution in [0.15, 0.2) is 24.3 Å². The van der Waals surface area contributed by atoms with E-state index in [0.29, 0.717) is 23.4 Å². The standard InChI is InChI=1S/C20H24N2O4/c1-11-6-8-16(9-7-11)10-21-19(24)15(5)26-20(25)18-12(2)17(14(4)23)13(3)22-18/h6-9,15,22H,10H2,1-5H3,(H,21,24)/t15-/m1/s1. The van der Waals surface area contributed by atoms with Gasteiger partial charge in [-0.25, -0.2) is 4.79 Å². The lowest BCUT2D eigenvalue weighted by atomic mass is 10.1. The van der Waals surface area contributed by atoms with E-state index < -0.39 is 12.1 Å². The molecule has 0 spiro atoms. The van der Waals surface area contributed by atoms with Gasteiger partial charge < -0.3 is 15.0 Å². The Morgan fingerprint density at radius 3 is 2.27 bits per heavy atom. The highest BCUT2D eigenvalue weighted by Gasteiger charge is 2.24. The van der Waals surface area contributed by atoms with Crippen LogP contribution in [0.3, 0.4) is 0 Å². The van der Waals surface area contributed by atoms with Crippen molar-refractivity contribution in [2.24, 2.45) is 0 Å². The van der Waals surface area contributed by atoms with Gasteiger partial charge in [0.1, 0.15) is 5.69 Å². The first kappa shape index (κ1) is 19.4. The number of aromatic nitrogens is 1. The van der Waals surface area contributed by atoms with Crippen molar-refractivity contribution >= 4 is 17.7 Å². The van der Waals surface area contributed by atoms with Crippen molar-refractivity contribution in [3.8, 4) is 0 Å². The molecule has 0 saturated carbocycles. The largest absolute Gasteiger partial charge is 0.448 e. The number of H-pyrrole nitrogens is 1. The summed E-state index contributed by atoms with van der Waals surface area (Å²) in [5.41, 5.74) is 3.93. The third-order valence-electron chi connectivity index (χ3n) is 4.23. The lowest BCUT2D eigenvalue weighted by molar-refractivity contribution is -0.129. The molecule has 1 amide bonds. The molecule has 0 aliphatic rings. The van der Waals surface area contributed by atoms with E-state index in [-0.39, 0.29) is 17.4 Å². The summed E-state index contributed by atoms with van der Waals surface area (Å²) in [6, 6.07) is 7.79. The summed E-state index contributed by atoms with van der Waals surface area (Å²) in [6.07, 6.45) is -0.947. The number of aromatic amines is 1. The predicted octanol–water partition coefficient (Wildman–Crippen LogP) is 3.00. The van der Waals surface area contributed by atoms with E-state index in [9.17, 15) is 14.4 Å². The highest BCUT2D eigenvalue weighted by atomic mass is 16.5. The van der Waals surface area contributed by atoms with Crippen LogP contribution < -0.4 is 5.32 Å². The molecular formula is C20H24N2O4. The molecule has 2 aromatic rings. The van der Waals surface area contributed by atoms with Crippen molar-refractivity contribution in [1.82, 2.24) is 10.3 Å². The highest BCUT2D eigenvalue weighted by Crippen LogP contribution is 2.19. The lowest BCUT2D eigenvalue weighted by Crippen LogP contribution is -2.35. The maximum absolute atomic E-state index is 12.3. The number of aryl methyl sites for hydroxylation is 2. The maximum Gasteiger partial charge on any atom is 0.355 e. The van der Waals surface area contributed by atoms with Gasteiger partial charge in [0, 0.05) is 17.8 Å². The van der Waals surface area contributed by atoms with E-state index in [4.69, 9.17) is 4.74 Å². The van der Waals surface area contributed by atoms with Crippen LogP contribution in [0.5, 0.6) is 0 Å². The van der Waals surface area contributed by atoms with Gasteiger partial charge in [0.15, 0.2) is 11.9 Å². The number of hydrogen-bond donors (Lipinski definition) is 2. The number of hydrogen-bond acceptors (Lipinski definition) is 4. The fraction of sp³-hybridized carbons (Fsp3) is 0.350. The minimum absolute atomic E-state index is 0.126. The van der Waals surface area contributed by atoms with Gasteiger partial charge in [-0.15, -0.1) is 0 Å². The SMILES string of the molecule is CC(=O)c1c(C)[nH]c(C(=O)O[C@H](C)C(=O)NCc2ccc(C)cc2)c1C. The van der Waals surface area contributed by atoms with E-state index in [0.717, 1.165) is 11.1 Å². The van der Waals surface area contributed by atoms with Crippen molar-refractivity contribution in [3.63, 3.8) is 0 Å². The van der Waals surface area contributed by atoms with Crippen LogP contribution in [0.25, 0.3) is 0 Å². The molecule has 2 N–H and O–H groups in total. The molecule has 0 unspecified atom stereocenters. The molecular weight excluding hydrogens is 332 g/mol. The molecule has 0 aliphatic heterocycles. The van der Waals surface area contributed by atoms with E-state index >= 15 is 0 Å². The first-order chi connectivity index (χ1) is 12.2. The minimum atomic E-state index is -0.947. The second-order valence-electron chi connectivity index (χ2n) is 6.43. The van der Waals surface area contributed by atoms with Gasteiger partial charge in [-0.1, -0.05) is 29.8 Å². The molecule has 138 valence electrons. The summed E-state index contributed by atoms with van der Waals surface area (Å²) in [4.78, 5) is 39.0. The summed E-state index contributed by atoms with van der Waals surface area (Å²) >= 11 is 0. The van der Waals surface area contributed by atoms with Crippen molar-refractivity contribution in [3.05, 3.63) is 57.9 Å². The monoisotopic (exact) mass is 356 g/mol. The lowest BCUT2D eigenvalue weighted by Gasteiger charge is -2.13. The number of ether oxygens (including phenoxy) is 1. The van der Waals surface area contributed by atoms with Crippen LogP contribution in [0.2, 0.25) is 0 Å². The van der Waals surface area contributed by atoms with E-state index in [1.165, 1.54) is 13.8 Å². The molecule has 1 heterocycles. The normalized spacial score (nSPS) is 11.7. The van der Waals surface area contributed by atoms with Crippen LogP contribution in [0.4, 0.5) is 0 Å². The second kappa shape index (κ2) is 7.99. The topological polar surface area (TPSA) is 88.3 Å². The van der Waals surface area contributed by atoms with Crippen LogP contribution in [0.1, 0.15) is 57.1 Å². The van der Waals surface area contributed by atoms with E-state index in [1.54, 1.807) is 13.8 Å². The zero-order valence-corrected chi connectivity index (χ0v) is 15.7. The molecule has 6 nitrogen and oxygen atoms in total. The molecule has 0 bridgehead atoms. The van der Waals surface area contributed by atoms with Crippen molar-refractivity contribution in [1.29, 1.82) is 0 Å². The van der Waals surface area contributed by atoms with Gasteiger partial charge in [0.05, 0.1) is 0 Å². The quantitative estimate of drug-likeness (QED) is 0.615. The Morgan fingerprint density at radius 2 is 1.73 bits per heavy atom. The Morgan fingerprint density at radius 1 is 1.12 bits per heavy atom. The number of rotatable bonds is 6. The zero-order valence-electron chi connectivity index (χ0n) is 15.7. The Kier molecular flexibility index (Phi) is 5.97. The van der Waals surface area contributed by atoms with E-state index in [1.807, 2.05) is 31.2 Å². The molecule has 0 radical (unpaired) electrons. The Labute approximate surface area is 152 Å². The number of esters is 1. The van der Waals surface area contributed by atoms with Crippen molar-refractivity contribution < 1.29 is 19.1 Å². The summed E-state index contributed by atoms with van der Waals surface area (Å²) in [5.74, 6) is -1.16. The van der Waals surface area contributed by atoms with Crippen LogP contribution in [-0.2, 0) is 16.1 Å².